The van der Waals surface area contributed by atoms with E-state index in [0.29, 0.717) is 5.92 Å². The van der Waals surface area contributed by atoms with Crippen LogP contribution in [0.15, 0.2) is 12.1 Å². The van der Waals surface area contributed by atoms with Crippen LogP contribution in [0.3, 0.4) is 0 Å². The van der Waals surface area contributed by atoms with Gasteiger partial charge in [-0.25, -0.2) is 0 Å². The van der Waals surface area contributed by atoms with Gasteiger partial charge in [-0.05, 0) is 50.9 Å². The lowest BCUT2D eigenvalue weighted by molar-refractivity contribution is 0.193. The molecule has 98 valence electrons. The summed E-state index contributed by atoms with van der Waals surface area (Å²) < 4.78 is 5.53. The molecule has 0 aliphatic carbocycles. The van der Waals surface area contributed by atoms with Crippen LogP contribution in [0.25, 0.3) is 0 Å². The van der Waals surface area contributed by atoms with Gasteiger partial charge in [0.05, 0.1) is 12.3 Å². The number of hydrogen-bond acceptors (Lipinski definition) is 3. The van der Waals surface area contributed by atoms with Gasteiger partial charge in [0.25, 0.3) is 0 Å². The van der Waals surface area contributed by atoms with Crippen molar-refractivity contribution in [3.8, 4) is 0 Å². The van der Waals surface area contributed by atoms with Crippen LogP contribution in [0.5, 0.6) is 0 Å². The molecule has 0 spiro atoms. The van der Waals surface area contributed by atoms with Crippen molar-refractivity contribution in [1.82, 2.24) is 9.88 Å². The van der Waals surface area contributed by atoms with Gasteiger partial charge >= 0.3 is 0 Å². The van der Waals surface area contributed by atoms with Gasteiger partial charge < -0.3 is 4.74 Å². The molecule has 0 aromatic carbocycles. The Bertz CT molecular complexity index is 407. The molecule has 1 atom stereocenters. The van der Waals surface area contributed by atoms with E-state index in [1.54, 1.807) is 0 Å². The van der Waals surface area contributed by atoms with Crippen LogP contribution in [0, 0.1) is 6.92 Å². The maximum absolute atomic E-state index is 5.53. The summed E-state index contributed by atoms with van der Waals surface area (Å²) in [6.07, 6.45) is 3.83. The topological polar surface area (TPSA) is 25.4 Å². The summed E-state index contributed by atoms with van der Waals surface area (Å²) in [7, 11) is 0. The van der Waals surface area contributed by atoms with Crippen molar-refractivity contribution in [1.29, 1.82) is 0 Å². The molecule has 2 aliphatic heterocycles. The van der Waals surface area contributed by atoms with Gasteiger partial charge in [-0.1, -0.05) is 6.07 Å². The molecule has 18 heavy (non-hydrogen) atoms. The first-order valence-electron chi connectivity index (χ1n) is 7.09. The fourth-order valence-electron chi connectivity index (χ4n) is 3.05. The molecule has 0 unspecified atom stereocenters. The highest BCUT2D eigenvalue weighted by atomic mass is 16.5. The van der Waals surface area contributed by atoms with Crippen molar-refractivity contribution >= 4 is 0 Å². The molecule has 2 saturated heterocycles. The second-order valence-corrected chi connectivity index (χ2v) is 5.53. The third-order valence-electron chi connectivity index (χ3n) is 4.09. The second kappa shape index (κ2) is 5.37. The zero-order chi connectivity index (χ0) is 12.4. The summed E-state index contributed by atoms with van der Waals surface area (Å²) in [5.74, 6) is 0.565. The van der Waals surface area contributed by atoms with Gasteiger partial charge in [0, 0.05) is 24.8 Å². The molecule has 1 aromatic rings. The van der Waals surface area contributed by atoms with Gasteiger partial charge in [0.15, 0.2) is 0 Å². The van der Waals surface area contributed by atoms with Crippen molar-refractivity contribution < 1.29 is 4.74 Å². The molecule has 0 N–H and O–H groups in total. The van der Waals surface area contributed by atoms with Gasteiger partial charge in [0.1, 0.15) is 0 Å². The third kappa shape index (κ3) is 2.57. The molecular formula is C15H22N2O. The normalized spacial score (nSPS) is 24.8. The fraction of sp³-hybridized carbons (Fsp3) is 0.667. The van der Waals surface area contributed by atoms with Crippen molar-refractivity contribution in [3.63, 3.8) is 0 Å². The Morgan fingerprint density at radius 3 is 2.89 bits per heavy atom. The molecule has 2 aliphatic rings. The van der Waals surface area contributed by atoms with Crippen molar-refractivity contribution in [2.24, 2.45) is 0 Å². The van der Waals surface area contributed by atoms with Crippen molar-refractivity contribution in [2.75, 3.05) is 26.3 Å². The summed E-state index contributed by atoms with van der Waals surface area (Å²) in [6.45, 7) is 7.35. The molecular weight excluding hydrogens is 224 g/mol. The Morgan fingerprint density at radius 1 is 1.33 bits per heavy atom. The van der Waals surface area contributed by atoms with E-state index in [1.807, 2.05) is 0 Å². The SMILES string of the molecule is Cc1ccc([C@H]2CCOC2)c(CN2CCCC2)n1. The van der Waals surface area contributed by atoms with E-state index in [9.17, 15) is 0 Å². The maximum Gasteiger partial charge on any atom is 0.0582 e. The largest absolute Gasteiger partial charge is 0.381 e. The fourth-order valence-corrected chi connectivity index (χ4v) is 3.05. The van der Waals surface area contributed by atoms with Crippen LogP contribution < -0.4 is 0 Å². The van der Waals surface area contributed by atoms with Gasteiger partial charge in [-0.2, -0.15) is 0 Å². The number of rotatable bonds is 3. The third-order valence-corrected chi connectivity index (χ3v) is 4.09. The average molecular weight is 246 g/mol. The minimum absolute atomic E-state index is 0.565. The summed E-state index contributed by atoms with van der Waals surface area (Å²) in [5.41, 5.74) is 3.84. The highest BCUT2D eigenvalue weighted by Crippen LogP contribution is 2.28. The van der Waals surface area contributed by atoms with Crippen LogP contribution in [0.4, 0.5) is 0 Å². The smallest absolute Gasteiger partial charge is 0.0582 e. The predicted molar refractivity (Wildman–Crippen MR) is 71.7 cm³/mol. The van der Waals surface area contributed by atoms with E-state index in [2.05, 4.69) is 24.0 Å². The summed E-state index contributed by atoms with van der Waals surface area (Å²) in [5, 5.41) is 0. The molecule has 0 bridgehead atoms. The number of nitrogens with zero attached hydrogens (tertiary/aromatic N) is 2. The lowest BCUT2D eigenvalue weighted by atomic mass is 9.96. The van der Waals surface area contributed by atoms with Crippen molar-refractivity contribution in [3.05, 3.63) is 29.1 Å². The zero-order valence-corrected chi connectivity index (χ0v) is 11.2. The van der Waals surface area contributed by atoms with Gasteiger partial charge in [-0.3, -0.25) is 9.88 Å². The van der Waals surface area contributed by atoms with Gasteiger partial charge in [0.2, 0.25) is 0 Å². The Kier molecular flexibility index (Phi) is 3.62. The first kappa shape index (κ1) is 12.1. The van der Waals surface area contributed by atoms with Crippen molar-refractivity contribution in [2.45, 2.75) is 38.6 Å². The summed E-state index contributed by atoms with van der Waals surface area (Å²) >= 11 is 0. The average Bonchev–Trinajstić information content (AvgIpc) is 3.01. The number of ether oxygens (including phenoxy) is 1. The number of hydrogen-bond donors (Lipinski definition) is 0. The Hall–Kier alpha value is -0.930. The standard InChI is InChI=1S/C15H22N2O/c1-12-4-5-14(13-6-9-18-11-13)15(16-12)10-17-7-2-3-8-17/h4-5,13H,2-3,6-11H2,1H3/t13-/m0/s1. The Morgan fingerprint density at radius 2 is 2.17 bits per heavy atom. The predicted octanol–water partition coefficient (Wildman–Crippen LogP) is 2.49. The second-order valence-electron chi connectivity index (χ2n) is 5.53. The molecule has 3 heteroatoms. The first-order valence-corrected chi connectivity index (χ1v) is 7.09. The maximum atomic E-state index is 5.53. The van der Waals surface area contributed by atoms with E-state index in [1.165, 1.54) is 37.2 Å². The first-order chi connectivity index (χ1) is 8.83. The number of likely N-dealkylation sites (tertiary alicyclic amines) is 1. The highest BCUT2D eigenvalue weighted by Gasteiger charge is 2.23. The number of aromatic nitrogens is 1. The van der Waals surface area contributed by atoms with E-state index < -0.39 is 0 Å². The van der Waals surface area contributed by atoms with E-state index in [4.69, 9.17) is 9.72 Å². The molecule has 0 radical (unpaired) electrons. The molecule has 3 rings (SSSR count). The van der Waals surface area contributed by atoms with Crippen LogP contribution in [0.1, 0.15) is 42.1 Å². The lowest BCUT2D eigenvalue weighted by Crippen LogP contribution is -2.21. The molecule has 0 saturated carbocycles. The van der Waals surface area contributed by atoms with Crippen LogP contribution in [0.2, 0.25) is 0 Å². The molecule has 3 heterocycles. The molecule has 1 aromatic heterocycles. The highest BCUT2D eigenvalue weighted by molar-refractivity contribution is 5.27. The Balaban J connectivity index is 1.82. The Labute approximate surface area is 109 Å². The number of aryl methyl sites for hydroxylation is 1. The van der Waals surface area contributed by atoms with Crippen LogP contribution >= 0.6 is 0 Å². The molecule has 2 fully saturated rings. The minimum Gasteiger partial charge on any atom is -0.381 e. The molecule has 0 amide bonds. The van der Waals surface area contributed by atoms with Crippen LogP contribution in [-0.2, 0) is 11.3 Å². The lowest BCUT2D eigenvalue weighted by Gasteiger charge is -2.19. The van der Waals surface area contributed by atoms with Crippen LogP contribution in [-0.4, -0.2) is 36.2 Å². The van der Waals surface area contributed by atoms with Gasteiger partial charge in [-0.15, -0.1) is 0 Å². The monoisotopic (exact) mass is 246 g/mol. The number of pyridine rings is 1. The minimum atomic E-state index is 0.565. The van der Waals surface area contributed by atoms with E-state index in [-0.39, 0.29) is 0 Å². The quantitative estimate of drug-likeness (QED) is 0.819. The van der Waals surface area contributed by atoms with E-state index >= 15 is 0 Å². The molecule has 3 nitrogen and oxygen atoms in total. The summed E-state index contributed by atoms with van der Waals surface area (Å²) in [6, 6.07) is 4.41. The summed E-state index contributed by atoms with van der Waals surface area (Å²) in [4.78, 5) is 7.31. The zero-order valence-electron chi connectivity index (χ0n) is 11.2. The van der Waals surface area contributed by atoms with E-state index in [0.717, 1.165) is 31.9 Å².